The van der Waals surface area contributed by atoms with Gasteiger partial charge in [-0.1, -0.05) is 0 Å². The van der Waals surface area contributed by atoms with Crippen LogP contribution in [0.1, 0.15) is 5.82 Å². The summed E-state index contributed by atoms with van der Waals surface area (Å²) in [5.74, 6) is -1.81. The van der Waals surface area contributed by atoms with Gasteiger partial charge in [-0.05, 0) is 12.1 Å². The van der Waals surface area contributed by atoms with Gasteiger partial charge >= 0.3 is 12.5 Å². The lowest BCUT2D eigenvalue weighted by atomic mass is 10.3. The number of aromatic nitrogens is 2. The number of nitrogens with zero attached hydrogens (tertiary/aromatic N) is 2. The van der Waals surface area contributed by atoms with Crippen LogP contribution in [0.2, 0.25) is 0 Å². The second-order valence-electron chi connectivity index (χ2n) is 3.41. The van der Waals surface area contributed by atoms with Crippen LogP contribution in [0.4, 0.5) is 26.3 Å². The molecule has 1 aromatic carbocycles. The topological polar surface area (TPSA) is 27.1 Å². The summed E-state index contributed by atoms with van der Waals surface area (Å²) in [4.78, 5) is 3.31. The molecule has 0 saturated heterocycles. The number of ether oxygens (including phenoxy) is 1. The van der Waals surface area contributed by atoms with Crippen molar-refractivity contribution in [3.05, 3.63) is 24.0 Å². The fourth-order valence-corrected chi connectivity index (χ4v) is 2.17. The molecule has 0 bridgehead atoms. The molecule has 0 fully saturated rings. The minimum atomic E-state index is -4.91. The van der Waals surface area contributed by atoms with Crippen molar-refractivity contribution in [2.45, 2.75) is 12.5 Å². The minimum Gasteiger partial charge on any atom is -0.406 e. The first-order chi connectivity index (χ1) is 8.58. The van der Waals surface area contributed by atoms with Crippen LogP contribution in [-0.2, 0) is 6.18 Å². The molecule has 0 aliphatic rings. The van der Waals surface area contributed by atoms with E-state index in [1.165, 1.54) is 22.9 Å². The van der Waals surface area contributed by atoms with Gasteiger partial charge < -0.3 is 4.74 Å². The zero-order chi connectivity index (χ0) is 14.4. The Labute approximate surface area is 115 Å². The smallest absolute Gasteiger partial charge is 0.406 e. The normalized spacial score (nSPS) is 13.0. The zero-order valence-corrected chi connectivity index (χ0v) is 10.8. The lowest BCUT2D eigenvalue weighted by Crippen LogP contribution is -2.17. The van der Waals surface area contributed by atoms with Crippen molar-refractivity contribution in [3.8, 4) is 5.75 Å². The molecule has 2 aromatic rings. The first-order valence-electron chi connectivity index (χ1n) is 4.59. The van der Waals surface area contributed by atoms with Gasteiger partial charge in [-0.15, -0.1) is 13.2 Å². The summed E-state index contributed by atoms with van der Waals surface area (Å²) >= 11 is 1.31. The van der Waals surface area contributed by atoms with Crippen LogP contribution in [0.3, 0.4) is 0 Å². The Balaban J connectivity index is 2.52. The predicted octanol–water partition coefficient (Wildman–Crippen LogP) is 4.15. The number of hydrogen-bond acceptors (Lipinski definition) is 2. The fourth-order valence-electron chi connectivity index (χ4n) is 1.40. The average Bonchev–Trinajstić information content (AvgIpc) is 2.53. The van der Waals surface area contributed by atoms with Crippen LogP contribution in [0.25, 0.3) is 11.0 Å². The molecule has 19 heavy (non-hydrogen) atoms. The summed E-state index contributed by atoms with van der Waals surface area (Å²) in [5, 5.41) is 0. The third-order valence-corrected chi connectivity index (χ3v) is 3.03. The highest BCUT2D eigenvalue weighted by molar-refractivity contribution is 14.1. The molecule has 104 valence electrons. The monoisotopic (exact) mass is 396 g/mol. The van der Waals surface area contributed by atoms with Gasteiger partial charge in [0.15, 0.2) is 0 Å². The maximum absolute atomic E-state index is 12.6. The van der Waals surface area contributed by atoms with E-state index in [9.17, 15) is 26.3 Å². The van der Waals surface area contributed by atoms with Crippen LogP contribution < -0.4 is 4.74 Å². The molecule has 10 heteroatoms. The lowest BCUT2D eigenvalue weighted by Gasteiger charge is -2.08. The van der Waals surface area contributed by atoms with Gasteiger partial charge in [0.25, 0.3) is 0 Å². The maximum atomic E-state index is 12.6. The number of imidazole rings is 1. The van der Waals surface area contributed by atoms with E-state index in [2.05, 4.69) is 9.72 Å². The van der Waals surface area contributed by atoms with E-state index in [0.717, 1.165) is 18.2 Å². The molecule has 0 radical (unpaired) electrons. The minimum absolute atomic E-state index is 0.0729. The van der Waals surface area contributed by atoms with E-state index in [1.807, 2.05) is 0 Å². The summed E-state index contributed by atoms with van der Waals surface area (Å²) in [6, 6.07) is 2.78. The molecule has 3 nitrogen and oxygen atoms in total. The van der Waals surface area contributed by atoms with E-state index in [0.29, 0.717) is 2.78 Å². The molecule has 0 unspecified atom stereocenters. The molecule has 0 aliphatic heterocycles. The van der Waals surface area contributed by atoms with Gasteiger partial charge in [0.1, 0.15) is 5.75 Å². The molecule has 0 atom stereocenters. The number of hydrogen-bond donors (Lipinski definition) is 0. The predicted molar refractivity (Wildman–Crippen MR) is 60.8 cm³/mol. The third kappa shape index (κ3) is 3.04. The van der Waals surface area contributed by atoms with Crippen molar-refractivity contribution in [2.75, 3.05) is 0 Å². The van der Waals surface area contributed by atoms with E-state index in [4.69, 9.17) is 0 Å². The maximum Gasteiger partial charge on any atom is 0.573 e. The molecule has 0 spiro atoms. The Kier molecular flexibility index (Phi) is 3.31. The number of alkyl halides is 6. The van der Waals surface area contributed by atoms with Crippen molar-refractivity contribution in [2.24, 2.45) is 0 Å². The summed E-state index contributed by atoms with van der Waals surface area (Å²) < 4.78 is 78.0. The standard InChI is InChI=1S/C9H3F6IN2O/c10-8(11,12)7-17-5-2-1-4(19-9(13,14)15)3-6(5)18(7)16/h1-3H. The average molecular weight is 396 g/mol. The second-order valence-corrected chi connectivity index (χ2v) is 4.38. The van der Waals surface area contributed by atoms with Crippen LogP contribution in [0.5, 0.6) is 5.75 Å². The SMILES string of the molecule is FC(F)(F)Oc1ccc2nc(C(F)(F)F)n(I)c2c1. The third-order valence-electron chi connectivity index (χ3n) is 2.06. The number of halogens is 7. The van der Waals surface area contributed by atoms with E-state index in [-0.39, 0.29) is 11.0 Å². The Bertz CT molecular complexity index is 617. The van der Waals surface area contributed by atoms with Crippen LogP contribution in [0, 0.1) is 0 Å². The molecule has 2 rings (SSSR count). The van der Waals surface area contributed by atoms with Gasteiger partial charge in [-0.2, -0.15) is 13.2 Å². The molecule has 1 heterocycles. The largest absolute Gasteiger partial charge is 0.573 e. The Hall–Kier alpha value is -1.20. The van der Waals surface area contributed by atoms with Crippen LogP contribution in [-0.4, -0.2) is 14.1 Å². The second kappa shape index (κ2) is 4.42. The number of benzene rings is 1. The van der Waals surface area contributed by atoms with E-state index < -0.39 is 24.1 Å². The van der Waals surface area contributed by atoms with Crippen LogP contribution in [0.15, 0.2) is 18.2 Å². The highest BCUT2D eigenvalue weighted by atomic mass is 127. The Morgan fingerprint density at radius 2 is 1.74 bits per heavy atom. The highest BCUT2D eigenvalue weighted by Gasteiger charge is 2.37. The summed E-state index contributed by atoms with van der Waals surface area (Å²) in [5.41, 5.74) is -0.189. The van der Waals surface area contributed by atoms with Crippen molar-refractivity contribution in [1.29, 1.82) is 0 Å². The van der Waals surface area contributed by atoms with Gasteiger partial charge in [0, 0.05) is 6.07 Å². The number of rotatable bonds is 1. The molecular formula is C9H3F6IN2O. The molecule has 0 saturated carbocycles. The Morgan fingerprint density at radius 3 is 2.26 bits per heavy atom. The van der Waals surface area contributed by atoms with Crippen molar-refractivity contribution in [3.63, 3.8) is 0 Å². The molecule has 0 aliphatic carbocycles. The first kappa shape index (κ1) is 14.2. The van der Waals surface area contributed by atoms with Crippen molar-refractivity contribution < 1.29 is 31.1 Å². The number of fused-ring (bicyclic) bond motifs is 1. The highest BCUT2D eigenvalue weighted by Crippen LogP contribution is 2.34. The van der Waals surface area contributed by atoms with Crippen molar-refractivity contribution >= 4 is 33.9 Å². The van der Waals surface area contributed by atoms with Gasteiger partial charge in [-0.25, -0.2) is 4.98 Å². The summed E-state index contributed by atoms with van der Waals surface area (Å²) in [7, 11) is 0. The van der Waals surface area contributed by atoms with E-state index in [1.54, 1.807) is 0 Å². The summed E-state index contributed by atoms with van der Waals surface area (Å²) in [6.45, 7) is 0. The zero-order valence-electron chi connectivity index (χ0n) is 8.68. The fraction of sp³-hybridized carbons (Fsp3) is 0.222. The first-order valence-corrected chi connectivity index (χ1v) is 5.56. The lowest BCUT2D eigenvalue weighted by molar-refractivity contribution is -0.274. The van der Waals surface area contributed by atoms with E-state index >= 15 is 0 Å². The van der Waals surface area contributed by atoms with Gasteiger partial charge in [-0.3, -0.25) is 2.78 Å². The molecule has 1 aromatic heterocycles. The molecular weight excluding hydrogens is 393 g/mol. The van der Waals surface area contributed by atoms with Gasteiger partial charge in [0.05, 0.1) is 33.9 Å². The van der Waals surface area contributed by atoms with Crippen molar-refractivity contribution in [1.82, 2.24) is 7.76 Å². The van der Waals surface area contributed by atoms with Gasteiger partial charge in [0.2, 0.25) is 5.82 Å². The van der Waals surface area contributed by atoms with Crippen LogP contribution >= 0.6 is 22.9 Å². The Morgan fingerprint density at radius 1 is 1.11 bits per heavy atom. The molecule has 0 N–H and O–H groups in total. The summed E-state index contributed by atoms with van der Waals surface area (Å²) in [6.07, 6.45) is -9.60. The quantitative estimate of drug-likeness (QED) is 0.535. The molecule has 0 amide bonds.